The van der Waals surface area contributed by atoms with Crippen molar-refractivity contribution in [1.29, 1.82) is 0 Å². The maximum absolute atomic E-state index is 11.2. The highest BCUT2D eigenvalue weighted by Crippen LogP contribution is 2.23. The van der Waals surface area contributed by atoms with Gasteiger partial charge < -0.3 is 20.8 Å². The van der Waals surface area contributed by atoms with Gasteiger partial charge in [-0.1, -0.05) is 48.0 Å². The SMILES string of the molecule is [2H]c1c([2H])c(Cl)c([2H])c([C@]([2H])(O)CNC([2H])([2H])CNc2cccc(-c3cccc(C(=O)O)c3)c2)c1[2H]. The van der Waals surface area contributed by atoms with Crippen molar-refractivity contribution < 1.29 is 24.6 Å². The van der Waals surface area contributed by atoms with Gasteiger partial charge in [0, 0.05) is 33.0 Å². The van der Waals surface area contributed by atoms with Crippen molar-refractivity contribution >= 4 is 23.3 Å². The molecule has 0 aliphatic rings. The molecule has 0 fully saturated rings. The summed E-state index contributed by atoms with van der Waals surface area (Å²) in [4.78, 5) is 11.2. The van der Waals surface area contributed by atoms with Gasteiger partial charge in [0.05, 0.1) is 18.5 Å². The Hall–Kier alpha value is -2.86. The minimum Gasteiger partial charge on any atom is -0.478 e. The Kier molecular flexibility index (Phi) is 4.65. The highest BCUT2D eigenvalue weighted by Gasteiger charge is 2.07. The van der Waals surface area contributed by atoms with Gasteiger partial charge in [0.15, 0.2) is 0 Å². The van der Waals surface area contributed by atoms with Gasteiger partial charge in [-0.2, -0.15) is 0 Å². The number of nitrogens with one attached hydrogen (secondary N) is 2. The van der Waals surface area contributed by atoms with Gasteiger partial charge in [0.25, 0.3) is 0 Å². The van der Waals surface area contributed by atoms with Crippen molar-refractivity contribution in [2.75, 3.05) is 24.9 Å². The van der Waals surface area contributed by atoms with E-state index in [0.717, 1.165) is 0 Å². The fraction of sp³-hybridized carbons (Fsp3) is 0.174. The fourth-order valence-electron chi connectivity index (χ4n) is 2.55. The first-order valence-corrected chi connectivity index (χ1v) is 9.03. The number of anilines is 1. The predicted octanol–water partition coefficient (Wildman–Crippen LogP) is 4.44. The molecular weight excluding hydrogens is 388 g/mol. The van der Waals surface area contributed by atoms with Gasteiger partial charge in [-0.05, 0) is 53.0 Å². The molecule has 0 aliphatic carbocycles. The third-order valence-corrected chi connectivity index (χ3v) is 4.14. The number of carboxylic acid groups (broad SMARTS) is 1. The van der Waals surface area contributed by atoms with E-state index in [1.54, 1.807) is 36.4 Å². The molecule has 29 heavy (non-hydrogen) atoms. The maximum atomic E-state index is 11.2. The lowest BCUT2D eigenvalue weighted by molar-refractivity contribution is 0.0697. The summed E-state index contributed by atoms with van der Waals surface area (Å²) in [6.07, 6.45) is -2.66. The van der Waals surface area contributed by atoms with Crippen LogP contribution in [0.1, 0.15) is 31.6 Å². The van der Waals surface area contributed by atoms with Gasteiger partial charge in [0.2, 0.25) is 0 Å². The Labute approximate surface area is 184 Å². The standard InChI is InChI=1S/C23H23ClN2O3/c24-20-8-2-6-18(13-20)22(27)15-25-10-11-26-21-9-3-5-17(14-21)16-4-1-7-19(12-16)23(28)29/h1-9,12-14,22,25-27H,10-11,15H2,(H,28,29)/t22-/m1/s1/i2D,6D,8D,10D2,13D,22D. The molecule has 0 bridgehead atoms. The van der Waals surface area contributed by atoms with E-state index < -0.39 is 59.8 Å². The van der Waals surface area contributed by atoms with Crippen LogP contribution in [0, 0.1) is 0 Å². The van der Waals surface area contributed by atoms with E-state index in [9.17, 15) is 15.0 Å². The van der Waals surface area contributed by atoms with Crippen molar-refractivity contribution in [3.05, 3.63) is 88.9 Å². The number of rotatable bonds is 9. The topological polar surface area (TPSA) is 81.6 Å². The third-order valence-electron chi connectivity index (χ3n) is 3.95. The van der Waals surface area contributed by atoms with Crippen molar-refractivity contribution in [3.63, 3.8) is 0 Å². The number of hydrogen-bond acceptors (Lipinski definition) is 4. The number of aliphatic hydroxyl groups is 1. The first kappa shape index (κ1) is 13.4. The molecule has 3 aromatic rings. The Morgan fingerprint density at radius 1 is 1.21 bits per heavy atom. The quantitative estimate of drug-likeness (QED) is 0.414. The van der Waals surface area contributed by atoms with Crippen LogP contribution in [0.4, 0.5) is 5.69 Å². The molecule has 0 aromatic heterocycles. The molecule has 0 saturated carbocycles. The number of halogens is 1. The zero-order chi connectivity index (χ0) is 26.8. The van der Waals surface area contributed by atoms with Gasteiger partial charge in [-0.15, -0.1) is 0 Å². The molecule has 0 amide bonds. The van der Waals surface area contributed by atoms with E-state index >= 15 is 0 Å². The summed E-state index contributed by atoms with van der Waals surface area (Å²) >= 11 is 5.85. The average molecular weight is 418 g/mol. The molecule has 3 rings (SSSR count). The average Bonchev–Trinajstić information content (AvgIpc) is 2.84. The zero-order valence-corrected chi connectivity index (χ0v) is 16.0. The normalized spacial score (nSPS) is 16.8. The van der Waals surface area contributed by atoms with Crippen LogP contribution in [0.25, 0.3) is 11.1 Å². The molecular formula is C23H23ClN2O3. The molecule has 0 spiro atoms. The van der Waals surface area contributed by atoms with Crippen molar-refractivity contribution in [1.82, 2.24) is 5.32 Å². The molecule has 0 radical (unpaired) electrons. The third kappa shape index (κ3) is 6.06. The molecule has 1 atom stereocenters. The lowest BCUT2D eigenvalue weighted by Gasteiger charge is -2.13. The number of carbonyl (C=O) groups is 1. The number of benzene rings is 3. The van der Waals surface area contributed by atoms with Crippen molar-refractivity contribution in [2.45, 2.75) is 6.08 Å². The molecule has 0 aliphatic heterocycles. The molecule has 4 N–H and O–H groups in total. The first-order chi connectivity index (χ1) is 16.7. The van der Waals surface area contributed by atoms with E-state index in [1.165, 1.54) is 12.1 Å². The number of carboxylic acids is 1. The highest BCUT2D eigenvalue weighted by molar-refractivity contribution is 6.30. The Bertz CT molecular complexity index is 1280. The molecule has 0 unspecified atom stereocenters. The van der Waals surface area contributed by atoms with Crippen LogP contribution >= 0.6 is 11.6 Å². The minimum absolute atomic E-state index is 0.136. The Morgan fingerprint density at radius 3 is 2.76 bits per heavy atom. The summed E-state index contributed by atoms with van der Waals surface area (Å²) in [5, 5.41) is 24.6. The van der Waals surface area contributed by atoms with Crippen molar-refractivity contribution in [2.24, 2.45) is 0 Å². The van der Waals surface area contributed by atoms with Crippen molar-refractivity contribution in [3.8, 4) is 11.1 Å². The van der Waals surface area contributed by atoms with Crippen LogP contribution in [0.3, 0.4) is 0 Å². The van der Waals surface area contributed by atoms with Crippen LogP contribution in [0.2, 0.25) is 5.02 Å². The monoisotopic (exact) mass is 417 g/mol. The second kappa shape index (κ2) is 10.1. The summed E-state index contributed by atoms with van der Waals surface area (Å²) in [6, 6.07) is 10.8. The van der Waals surface area contributed by atoms with E-state index in [0.29, 0.717) is 16.8 Å². The Balaban J connectivity index is 1.71. The van der Waals surface area contributed by atoms with E-state index in [4.69, 9.17) is 21.2 Å². The van der Waals surface area contributed by atoms with Gasteiger partial charge in [-0.25, -0.2) is 4.79 Å². The second-order valence-corrected chi connectivity index (χ2v) is 6.36. The summed E-state index contributed by atoms with van der Waals surface area (Å²) in [5.41, 5.74) is 1.46. The molecule has 3 aromatic carbocycles. The van der Waals surface area contributed by atoms with Crippen LogP contribution in [0.5, 0.6) is 0 Å². The molecule has 5 nitrogen and oxygen atoms in total. The smallest absolute Gasteiger partial charge is 0.335 e. The van der Waals surface area contributed by atoms with E-state index in [2.05, 4.69) is 10.6 Å². The number of aromatic carboxylic acids is 1. The minimum atomic E-state index is -2.66. The highest BCUT2D eigenvalue weighted by atomic mass is 35.5. The molecule has 6 heteroatoms. The summed E-state index contributed by atoms with van der Waals surface area (Å²) in [7, 11) is 0. The van der Waals surface area contributed by atoms with Crippen LogP contribution < -0.4 is 10.6 Å². The van der Waals surface area contributed by atoms with E-state index in [-0.39, 0.29) is 12.1 Å². The predicted molar refractivity (Wildman–Crippen MR) is 117 cm³/mol. The Morgan fingerprint density at radius 2 is 1.97 bits per heavy atom. The summed E-state index contributed by atoms with van der Waals surface area (Å²) < 4.78 is 55.9. The fourth-order valence-corrected chi connectivity index (χ4v) is 2.69. The summed E-state index contributed by atoms with van der Waals surface area (Å²) in [5.74, 6) is -1.05. The number of hydrogen-bond donors (Lipinski definition) is 4. The van der Waals surface area contributed by atoms with Crippen LogP contribution in [0.15, 0.2) is 72.7 Å². The second-order valence-electron chi connectivity index (χ2n) is 5.99. The lowest BCUT2D eigenvalue weighted by atomic mass is 10.0. The largest absolute Gasteiger partial charge is 0.478 e. The van der Waals surface area contributed by atoms with Crippen LogP contribution in [-0.4, -0.2) is 35.8 Å². The summed E-state index contributed by atoms with van der Waals surface area (Å²) in [6.45, 7) is -3.17. The molecule has 150 valence electrons. The van der Waals surface area contributed by atoms with Gasteiger partial charge in [-0.3, -0.25) is 0 Å². The van der Waals surface area contributed by atoms with Crippen LogP contribution in [-0.2, 0) is 0 Å². The first-order valence-electron chi connectivity index (χ1n) is 12.1. The van der Waals surface area contributed by atoms with Gasteiger partial charge in [0.1, 0.15) is 0 Å². The van der Waals surface area contributed by atoms with E-state index in [1.807, 2.05) is 0 Å². The zero-order valence-electron chi connectivity index (χ0n) is 22.2. The lowest BCUT2D eigenvalue weighted by Crippen LogP contribution is -2.26. The molecule has 0 saturated heterocycles. The maximum Gasteiger partial charge on any atom is 0.335 e. The molecule has 0 heterocycles. The van der Waals surface area contributed by atoms with Gasteiger partial charge >= 0.3 is 5.97 Å².